The molecule has 1 saturated carbocycles. The van der Waals surface area contributed by atoms with E-state index in [2.05, 4.69) is 5.32 Å². The summed E-state index contributed by atoms with van der Waals surface area (Å²) in [7, 11) is 0. The molecule has 0 unspecified atom stereocenters. The fourth-order valence-electron chi connectivity index (χ4n) is 2.35. The summed E-state index contributed by atoms with van der Waals surface area (Å²) in [5.41, 5.74) is 1.11. The van der Waals surface area contributed by atoms with Gasteiger partial charge in [0, 0.05) is 13.0 Å². The fraction of sp³-hybridized carbons (Fsp3) is 0.562. The summed E-state index contributed by atoms with van der Waals surface area (Å²) in [6, 6.07) is 7.88. The minimum absolute atomic E-state index is 0.0692. The van der Waals surface area contributed by atoms with Crippen molar-refractivity contribution in [1.82, 2.24) is 5.32 Å². The Kier molecular flexibility index (Phi) is 5.41. The standard InChI is InChI=1S/C16H23NO3/c1-12-5-2-3-6-15(12)20-8-4-7-16(19)17-11-13-9-14(18)10-13/h2-3,5-6,13-14,18H,4,7-11H2,1H3,(H,17,19). The van der Waals surface area contributed by atoms with Crippen molar-refractivity contribution in [3.05, 3.63) is 29.8 Å². The van der Waals surface area contributed by atoms with E-state index in [1.807, 2.05) is 31.2 Å². The number of ether oxygens (including phenoxy) is 1. The first-order valence-corrected chi connectivity index (χ1v) is 7.28. The molecule has 1 fully saturated rings. The monoisotopic (exact) mass is 277 g/mol. The van der Waals surface area contributed by atoms with Gasteiger partial charge >= 0.3 is 0 Å². The number of aliphatic hydroxyl groups is 1. The average molecular weight is 277 g/mol. The molecule has 110 valence electrons. The highest BCUT2D eigenvalue weighted by molar-refractivity contribution is 5.75. The molecule has 0 aromatic heterocycles. The van der Waals surface area contributed by atoms with Gasteiger partial charge in [-0.1, -0.05) is 18.2 Å². The predicted molar refractivity (Wildman–Crippen MR) is 77.6 cm³/mol. The van der Waals surface area contributed by atoms with Gasteiger partial charge in [0.25, 0.3) is 0 Å². The smallest absolute Gasteiger partial charge is 0.220 e. The Morgan fingerprint density at radius 2 is 2.15 bits per heavy atom. The molecule has 0 atom stereocenters. The van der Waals surface area contributed by atoms with Crippen LogP contribution in [0.15, 0.2) is 24.3 Å². The van der Waals surface area contributed by atoms with Crippen LogP contribution < -0.4 is 10.1 Å². The highest BCUT2D eigenvalue weighted by atomic mass is 16.5. The van der Waals surface area contributed by atoms with E-state index in [1.54, 1.807) is 0 Å². The Morgan fingerprint density at radius 1 is 1.40 bits per heavy atom. The number of benzene rings is 1. The molecule has 1 aliphatic carbocycles. The minimum atomic E-state index is -0.153. The van der Waals surface area contributed by atoms with Gasteiger partial charge in [-0.05, 0) is 43.7 Å². The molecule has 1 aromatic carbocycles. The van der Waals surface area contributed by atoms with Crippen LogP contribution in [0, 0.1) is 12.8 Å². The van der Waals surface area contributed by atoms with Crippen molar-refractivity contribution in [1.29, 1.82) is 0 Å². The molecule has 4 heteroatoms. The molecule has 1 amide bonds. The zero-order valence-electron chi connectivity index (χ0n) is 12.0. The van der Waals surface area contributed by atoms with Crippen LogP contribution in [-0.4, -0.2) is 30.3 Å². The van der Waals surface area contributed by atoms with E-state index in [4.69, 9.17) is 9.84 Å². The van der Waals surface area contributed by atoms with Crippen LogP contribution in [0.2, 0.25) is 0 Å². The lowest BCUT2D eigenvalue weighted by Crippen LogP contribution is -2.38. The van der Waals surface area contributed by atoms with Gasteiger partial charge in [0.1, 0.15) is 5.75 Å². The third-order valence-corrected chi connectivity index (χ3v) is 3.70. The first-order valence-electron chi connectivity index (χ1n) is 7.28. The Morgan fingerprint density at radius 3 is 2.85 bits per heavy atom. The molecule has 1 aromatic rings. The molecule has 1 aliphatic rings. The van der Waals surface area contributed by atoms with Gasteiger partial charge in [0.05, 0.1) is 12.7 Å². The Balaban J connectivity index is 1.54. The number of para-hydroxylation sites is 1. The largest absolute Gasteiger partial charge is 0.493 e. The normalized spacial score (nSPS) is 21.1. The van der Waals surface area contributed by atoms with Gasteiger partial charge in [0.15, 0.2) is 0 Å². The van der Waals surface area contributed by atoms with Crippen molar-refractivity contribution in [3.8, 4) is 5.75 Å². The van der Waals surface area contributed by atoms with E-state index >= 15 is 0 Å². The van der Waals surface area contributed by atoms with Crippen molar-refractivity contribution >= 4 is 5.91 Å². The van der Waals surface area contributed by atoms with Crippen molar-refractivity contribution < 1.29 is 14.6 Å². The van der Waals surface area contributed by atoms with Crippen molar-refractivity contribution in [3.63, 3.8) is 0 Å². The van der Waals surface area contributed by atoms with Crippen LogP contribution in [0.4, 0.5) is 0 Å². The number of amides is 1. The number of hydrogen-bond donors (Lipinski definition) is 2. The average Bonchev–Trinajstić information content (AvgIpc) is 2.40. The molecule has 2 N–H and O–H groups in total. The second-order valence-electron chi connectivity index (χ2n) is 5.51. The van der Waals surface area contributed by atoms with Crippen LogP contribution >= 0.6 is 0 Å². The van der Waals surface area contributed by atoms with E-state index in [9.17, 15) is 4.79 Å². The summed E-state index contributed by atoms with van der Waals surface area (Å²) < 4.78 is 5.65. The number of carbonyl (C=O) groups excluding carboxylic acids is 1. The number of rotatable bonds is 7. The maximum absolute atomic E-state index is 11.6. The summed E-state index contributed by atoms with van der Waals surface area (Å²) in [5, 5.41) is 12.1. The predicted octanol–water partition coefficient (Wildman–Crippen LogP) is 2.04. The molecular weight excluding hydrogens is 254 g/mol. The van der Waals surface area contributed by atoms with Crippen molar-refractivity contribution in [2.24, 2.45) is 5.92 Å². The lowest BCUT2D eigenvalue weighted by molar-refractivity contribution is -0.121. The molecule has 0 saturated heterocycles. The van der Waals surface area contributed by atoms with Crippen LogP contribution in [0.3, 0.4) is 0 Å². The lowest BCUT2D eigenvalue weighted by atomic mass is 9.82. The first-order chi connectivity index (χ1) is 9.65. The van der Waals surface area contributed by atoms with Crippen LogP contribution in [-0.2, 0) is 4.79 Å². The summed E-state index contributed by atoms with van der Waals surface area (Å²) >= 11 is 0. The van der Waals surface area contributed by atoms with Gasteiger partial charge < -0.3 is 15.2 Å². The summed E-state index contributed by atoms with van der Waals surface area (Å²) in [6.07, 6.45) is 2.68. The zero-order valence-corrected chi connectivity index (χ0v) is 12.0. The van der Waals surface area contributed by atoms with E-state index in [1.165, 1.54) is 0 Å². The van der Waals surface area contributed by atoms with Crippen molar-refractivity contribution in [2.45, 2.75) is 38.7 Å². The third kappa shape index (κ3) is 4.53. The first kappa shape index (κ1) is 14.9. The molecule has 20 heavy (non-hydrogen) atoms. The van der Waals surface area contributed by atoms with Gasteiger partial charge in [-0.3, -0.25) is 4.79 Å². The molecular formula is C16H23NO3. The quantitative estimate of drug-likeness (QED) is 0.750. The third-order valence-electron chi connectivity index (χ3n) is 3.70. The maximum atomic E-state index is 11.6. The number of nitrogens with one attached hydrogen (secondary N) is 1. The Hall–Kier alpha value is -1.55. The van der Waals surface area contributed by atoms with Crippen LogP contribution in [0.25, 0.3) is 0 Å². The maximum Gasteiger partial charge on any atom is 0.220 e. The SMILES string of the molecule is Cc1ccccc1OCCCC(=O)NCC1CC(O)C1. The fourth-order valence-corrected chi connectivity index (χ4v) is 2.35. The van der Waals surface area contributed by atoms with E-state index in [0.29, 0.717) is 31.9 Å². The van der Waals surface area contributed by atoms with Crippen LogP contribution in [0.1, 0.15) is 31.2 Å². The van der Waals surface area contributed by atoms with Crippen molar-refractivity contribution in [2.75, 3.05) is 13.2 Å². The topological polar surface area (TPSA) is 58.6 Å². The zero-order chi connectivity index (χ0) is 14.4. The number of aryl methyl sites for hydroxylation is 1. The second-order valence-corrected chi connectivity index (χ2v) is 5.51. The molecule has 2 rings (SSSR count). The molecule has 4 nitrogen and oxygen atoms in total. The van der Waals surface area contributed by atoms with Gasteiger partial charge in [0.2, 0.25) is 5.91 Å². The molecule has 0 bridgehead atoms. The number of aliphatic hydroxyl groups excluding tert-OH is 1. The molecule has 0 aliphatic heterocycles. The van der Waals surface area contributed by atoms with Crippen LogP contribution in [0.5, 0.6) is 5.75 Å². The highest BCUT2D eigenvalue weighted by Gasteiger charge is 2.26. The number of carbonyl (C=O) groups is 1. The minimum Gasteiger partial charge on any atom is -0.493 e. The lowest BCUT2D eigenvalue weighted by Gasteiger charge is -2.31. The number of hydrogen-bond acceptors (Lipinski definition) is 3. The molecule has 0 spiro atoms. The van der Waals surface area contributed by atoms with E-state index < -0.39 is 0 Å². The second kappa shape index (κ2) is 7.29. The molecule has 0 heterocycles. The summed E-state index contributed by atoms with van der Waals surface area (Å²) in [4.78, 5) is 11.6. The van der Waals surface area contributed by atoms with Gasteiger partial charge in [-0.15, -0.1) is 0 Å². The summed E-state index contributed by atoms with van der Waals surface area (Å²) in [5.74, 6) is 1.41. The van der Waals surface area contributed by atoms with Gasteiger partial charge in [-0.2, -0.15) is 0 Å². The Labute approximate surface area is 120 Å². The van der Waals surface area contributed by atoms with E-state index in [0.717, 1.165) is 24.2 Å². The molecule has 0 radical (unpaired) electrons. The summed E-state index contributed by atoms with van der Waals surface area (Å²) in [6.45, 7) is 3.25. The Bertz CT molecular complexity index is 441. The van der Waals surface area contributed by atoms with Gasteiger partial charge in [-0.25, -0.2) is 0 Å². The highest BCUT2D eigenvalue weighted by Crippen LogP contribution is 2.26. The van der Waals surface area contributed by atoms with E-state index in [-0.39, 0.29) is 12.0 Å².